The first-order valence-electron chi connectivity index (χ1n) is 10.6. The van der Waals surface area contributed by atoms with Crippen molar-refractivity contribution in [3.63, 3.8) is 0 Å². The number of benzene rings is 2. The molecule has 1 amide bonds. The van der Waals surface area contributed by atoms with Gasteiger partial charge in [-0.2, -0.15) is 0 Å². The summed E-state index contributed by atoms with van der Waals surface area (Å²) in [5.74, 6) is 1.36. The molecule has 0 bridgehead atoms. The quantitative estimate of drug-likeness (QED) is 0.344. The highest BCUT2D eigenvalue weighted by molar-refractivity contribution is 7.14. The summed E-state index contributed by atoms with van der Waals surface area (Å²) in [7, 11) is 0. The molecule has 0 spiro atoms. The second-order valence-electron chi connectivity index (χ2n) is 7.43. The Kier molecular flexibility index (Phi) is 6.95. The molecular formula is C25H24N4O3S. The third-order valence-electron chi connectivity index (χ3n) is 4.80. The van der Waals surface area contributed by atoms with Gasteiger partial charge in [-0.1, -0.05) is 25.1 Å². The van der Waals surface area contributed by atoms with Crippen molar-refractivity contribution < 1.29 is 14.3 Å². The summed E-state index contributed by atoms with van der Waals surface area (Å²) >= 11 is 1.39. The summed E-state index contributed by atoms with van der Waals surface area (Å²) in [5, 5.41) is 5.36. The van der Waals surface area contributed by atoms with Crippen molar-refractivity contribution in [2.75, 3.05) is 11.9 Å². The van der Waals surface area contributed by atoms with Crippen LogP contribution in [-0.2, 0) is 0 Å². The molecular weight excluding hydrogens is 436 g/mol. The zero-order chi connectivity index (χ0) is 23.2. The number of ether oxygens (including phenoxy) is 2. The number of anilines is 1. The number of aryl methyl sites for hydroxylation is 2. The largest absolute Gasteiger partial charge is 0.477 e. The normalized spacial score (nSPS) is 10.6. The van der Waals surface area contributed by atoms with Crippen molar-refractivity contribution in [2.45, 2.75) is 27.2 Å². The predicted octanol–water partition coefficient (Wildman–Crippen LogP) is 6.05. The lowest BCUT2D eigenvalue weighted by Crippen LogP contribution is -2.11. The van der Waals surface area contributed by atoms with Gasteiger partial charge in [0.05, 0.1) is 24.7 Å². The maximum absolute atomic E-state index is 12.4. The van der Waals surface area contributed by atoms with Crippen LogP contribution < -0.4 is 14.8 Å². The minimum absolute atomic E-state index is 0.180. The Morgan fingerprint density at radius 2 is 1.73 bits per heavy atom. The SMILES string of the molecule is CCCOc1cnc(Oc2cc(C)c(-c3csc(NC(=O)c4ccccc4)n3)c(C)c2)cn1. The molecule has 0 radical (unpaired) electrons. The number of hydrogen-bond acceptors (Lipinski definition) is 7. The Morgan fingerprint density at radius 3 is 2.39 bits per heavy atom. The lowest BCUT2D eigenvalue weighted by Gasteiger charge is -2.12. The molecule has 0 saturated heterocycles. The molecule has 8 heteroatoms. The molecule has 0 aliphatic rings. The Labute approximate surface area is 196 Å². The van der Waals surface area contributed by atoms with Crippen LogP contribution >= 0.6 is 11.3 Å². The molecule has 4 rings (SSSR count). The highest BCUT2D eigenvalue weighted by Crippen LogP contribution is 2.34. The van der Waals surface area contributed by atoms with Gasteiger partial charge in [-0.25, -0.2) is 15.0 Å². The standard InChI is InChI=1S/C25H24N4O3S/c1-4-10-31-21-13-27-22(14-26-21)32-19-11-16(2)23(17(3)12-19)20-15-33-25(28-20)29-24(30)18-8-6-5-7-9-18/h5-9,11-15H,4,10H2,1-3H3,(H,28,29,30). The molecule has 0 atom stereocenters. The van der Waals surface area contributed by atoms with Crippen molar-refractivity contribution in [1.29, 1.82) is 0 Å². The second kappa shape index (κ2) is 10.2. The molecule has 0 unspecified atom stereocenters. The number of hydrogen-bond donors (Lipinski definition) is 1. The van der Waals surface area contributed by atoms with Gasteiger partial charge in [0.2, 0.25) is 11.8 Å². The van der Waals surface area contributed by atoms with Crippen LogP contribution in [0, 0.1) is 13.8 Å². The molecule has 0 aliphatic heterocycles. The third-order valence-corrected chi connectivity index (χ3v) is 5.56. The van der Waals surface area contributed by atoms with E-state index >= 15 is 0 Å². The first-order valence-corrected chi connectivity index (χ1v) is 11.5. The summed E-state index contributed by atoms with van der Waals surface area (Å²) in [6.45, 7) is 6.64. The van der Waals surface area contributed by atoms with Crippen LogP contribution in [0.1, 0.15) is 34.8 Å². The average Bonchev–Trinajstić information content (AvgIpc) is 3.26. The van der Waals surface area contributed by atoms with Gasteiger partial charge >= 0.3 is 0 Å². The topological polar surface area (TPSA) is 86.2 Å². The Morgan fingerprint density at radius 1 is 1.03 bits per heavy atom. The van der Waals surface area contributed by atoms with Gasteiger partial charge in [-0.3, -0.25) is 10.1 Å². The van der Waals surface area contributed by atoms with Crippen LogP contribution in [0.2, 0.25) is 0 Å². The van der Waals surface area contributed by atoms with Gasteiger partial charge in [0.1, 0.15) is 5.75 Å². The van der Waals surface area contributed by atoms with E-state index < -0.39 is 0 Å². The molecule has 4 aromatic rings. The number of nitrogens with zero attached hydrogens (tertiary/aromatic N) is 3. The molecule has 7 nitrogen and oxygen atoms in total. The number of aromatic nitrogens is 3. The van der Waals surface area contributed by atoms with Gasteiger partial charge in [0, 0.05) is 16.5 Å². The molecule has 1 N–H and O–H groups in total. The van der Waals surface area contributed by atoms with E-state index in [-0.39, 0.29) is 5.91 Å². The van der Waals surface area contributed by atoms with Crippen LogP contribution in [0.5, 0.6) is 17.5 Å². The Bertz CT molecular complexity index is 1220. The molecule has 168 valence electrons. The molecule has 2 aromatic carbocycles. The summed E-state index contributed by atoms with van der Waals surface area (Å²) < 4.78 is 11.3. The second-order valence-corrected chi connectivity index (χ2v) is 8.29. The predicted molar refractivity (Wildman–Crippen MR) is 129 cm³/mol. The van der Waals surface area contributed by atoms with Crippen molar-refractivity contribution in [1.82, 2.24) is 15.0 Å². The van der Waals surface area contributed by atoms with E-state index in [2.05, 4.69) is 20.3 Å². The summed E-state index contributed by atoms with van der Waals surface area (Å²) in [6, 6.07) is 13.0. The van der Waals surface area contributed by atoms with E-state index in [1.165, 1.54) is 11.3 Å². The number of thiazole rings is 1. The Hall–Kier alpha value is -3.78. The highest BCUT2D eigenvalue weighted by atomic mass is 32.1. The van der Waals surface area contributed by atoms with E-state index in [1.54, 1.807) is 24.5 Å². The first-order chi connectivity index (χ1) is 16.0. The van der Waals surface area contributed by atoms with Gasteiger partial charge in [-0.05, 0) is 55.7 Å². The summed E-state index contributed by atoms with van der Waals surface area (Å²) in [4.78, 5) is 25.5. The van der Waals surface area contributed by atoms with E-state index in [4.69, 9.17) is 9.47 Å². The van der Waals surface area contributed by atoms with Crippen molar-refractivity contribution in [3.8, 4) is 28.8 Å². The van der Waals surface area contributed by atoms with E-state index in [9.17, 15) is 4.79 Å². The maximum atomic E-state index is 12.4. The minimum atomic E-state index is -0.180. The van der Waals surface area contributed by atoms with Crippen molar-refractivity contribution in [3.05, 3.63) is 76.9 Å². The fourth-order valence-corrected chi connectivity index (χ4v) is 4.05. The summed E-state index contributed by atoms with van der Waals surface area (Å²) in [5.41, 5.74) is 4.42. The van der Waals surface area contributed by atoms with E-state index in [0.717, 1.165) is 28.8 Å². The van der Waals surface area contributed by atoms with E-state index in [1.807, 2.05) is 56.5 Å². The van der Waals surface area contributed by atoms with Crippen LogP contribution in [0.4, 0.5) is 5.13 Å². The first kappa shape index (κ1) is 22.4. The van der Waals surface area contributed by atoms with Gasteiger partial charge in [-0.15, -0.1) is 11.3 Å². The third kappa shape index (κ3) is 5.53. The molecule has 2 heterocycles. The van der Waals surface area contributed by atoms with Crippen molar-refractivity contribution >= 4 is 22.4 Å². The van der Waals surface area contributed by atoms with Crippen LogP contribution in [0.15, 0.2) is 60.2 Å². The Balaban J connectivity index is 1.48. The minimum Gasteiger partial charge on any atom is -0.477 e. The van der Waals surface area contributed by atoms with Crippen LogP contribution in [0.3, 0.4) is 0 Å². The molecule has 0 aliphatic carbocycles. The fourth-order valence-electron chi connectivity index (χ4n) is 3.35. The number of carbonyl (C=O) groups excluding carboxylic acids is 1. The maximum Gasteiger partial charge on any atom is 0.257 e. The number of carbonyl (C=O) groups is 1. The molecule has 2 aromatic heterocycles. The van der Waals surface area contributed by atoms with Crippen LogP contribution in [-0.4, -0.2) is 27.5 Å². The lowest BCUT2D eigenvalue weighted by atomic mass is 10.0. The number of rotatable bonds is 8. The number of nitrogens with one attached hydrogen (secondary N) is 1. The lowest BCUT2D eigenvalue weighted by molar-refractivity contribution is 0.102. The molecule has 33 heavy (non-hydrogen) atoms. The zero-order valence-electron chi connectivity index (χ0n) is 18.7. The van der Waals surface area contributed by atoms with Crippen molar-refractivity contribution in [2.24, 2.45) is 0 Å². The average molecular weight is 461 g/mol. The molecule has 0 fully saturated rings. The zero-order valence-corrected chi connectivity index (χ0v) is 19.5. The van der Waals surface area contributed by atoms with Gasteiger partial charge < -0.3 is 9.47 Å². The monoisotopic (exact) mass is 460 g/mol. The fraction of sp³-hybridized carbons (Fsp3) is 0.200. The van der Waals surface area contributed by atoms with E-state index in [0.29, 0.717) is 34.8 Å². The van der Waals surface area contributed by atoms with Crippen LogP contribution in [0.25, 0.3) is 11.3 Å². The summed E-state index contributed by atoms with van der Waals surface area (Å²) in [6.07, 6.45) is 4.01. The number of amides is 1. The molecule has 0 saturated carbocycles. The smallest absolute Gasteiger partial charge is 0.257 e. The van der Waals surface area contributed by atoms with Gasteiger partial charge in [0.15, 0.2) is 5.13 Å². The highest BCUT2D eigenvalue weighted by Gasteiger charge is 2.14. The van der Waals surface area contributed by atoms with Gasteiger partial charge in [0.25, 0.3) is 5.91 Å².